The summed E-state index contributed by atoms with van der Waals surface area (Å²) >= 11 is 1.65. The van der Waals surface area contributed by atoms with E-state index in [4.69, 9.17) is 10.5 Å². The molecule has 108 valence electrons. The third-order valence-corrected chi connectivity index (χ3v) is 4.10. The third-order valence-electron chi connectivity index (χ3n) is 3.08. The van der Waals surface area contributed by atoms with E-state index in [0.717, 1.165) is 34.6 Å². The molecule has 0 radical (unpaired) electrons. The molecular formula is C14H20N4OS. The van der Waals surface area contributed by atoms with Crippen molar-refractivity contribution in [3.63, 3.8) is 0 Å². The topological polar surface area (TPSA) is 66.0 Å². The van der Waals surface area contributed by atoms with Gasteiger partial charge in [-0.3, -0.25) is 0 Å². The quantitative estimate of drug-likeness (QED) is 0.828. The summed E-state index contributed by atoms with van der Waals surface area (Å²) in [6.07, 6.45) is 0. The van der Waals surface area contributed by atoms with Crippen molar-refractivity contribution in [1.29, 1.82) is 0 Å². The highest BCUT2D eigenvalue weighted by molar-refractivity contribution is 7.98. The second kappa shape index (κ2) is 6.76. The molecule has 20 heavy (non-hydrogen) atoms. The lowest BCUT2D eigenvalue weighted by molar-refractivity contribution is 0.411. The normalized spacial score (nSPS) is 10.8. The molecule has 5 nitrogen and oxygen atoms in total. The highest BCUT2D eigenvalue weighted by Gasteiger charge is 2.11. The van der Waals surface area contributed by atoms with Gasteiger partial charge in [0.2, 0.25) is 0 Å². The Morgan fingerprint density at radius 2 is 2.15 bits per heavy atom. The Labute approximate surface area is 123 Å². The molecule has 0 aliphatic heterocycles. The number of aromatic nitrogens is 3. The maximum Gasteiger partial charge on any atom is 0.191 e. The van der Waals surface area contributed by atoms with E-state index >= 15 is 0 Å². The van der Waals surface area contributed by atoms with Gasteiger partial charge in [0.1, 0.15) is 11.6 Å². The summed E-state index contributed by atoms with van der Waals surface area (Å²) in [4.78, 5) is 0. The molecule has 2 rings (SSSR count). The van der Waals surface area contributed by atoms with Gasteiger partial charge in [-0.25, -0.2) is 0 Å². The van der Waals surface area contributed by atoms with Crippen LogP contribution in [0.15, 0.2) is 23.4 Å². The monoisotopic (exact) mass is 292 g/mol. The van der Waals surface area contributed by atoms with E-state index in [1.807, 2.05) is 16.7 Å². The van der Waals surface area contributed by atoms with E-state index in [-0.39, 0.29) is 0 Å². The average molecular weight is 292 g/mol. The molecule has 0 bridgehead atoms. The molecule has 1 heterocycles. The molecule has 0 fully saturated rings. The lowest BCUT2D eigenvalue weighted by Gasteiger charge is -2.10. The molecule has 0 unspecified atom stereocenters. The molecule has 1 aromatic heterocycles. The Balaban J connectivity index is 2.16. The number of methoxy groups -OCH3 is 1. The van der Waals surface area contributed by atoms with Gasteiger partial charge in [0.25, 0.3) is 0 Å². The van der Waals surface area contributed by atoms with Crippen LogP contribution in [-0.4, -0.2) is 21.9 Å². The van der Waals surface area contributed by atoms with Crippen LogP contribution in [0.3, 0.4) is 0 Å². The van der Waals surface area contributed by atoms with Crippen molar-refractivity contribution >= 4 is 11.8 Å². The van der Waals surface area contributed by atoms with Crippen molar-refractivity contribution < 1.29 is 4.74 Å². The largest absolute Gasteiger partial charge is 0.496 e. The second-order valence-electron chi connectivity index (χ2n) is 4.45. The summed E-state index contributed by atoms with van der Waals surface area (Å²) in [7, 11) is 1.69. The first-order valence-corrected chi connectivity index (χ1v) is 7.56. The van der Waals surface area contributed by atoms with Gasteiger partial charge in [-0.1, -0.05) is 29.5 Å². The lowest BCUT2D eigenvalue weighted by Crippen LogP contribution is -2.08. The van der Waals surface area contributed by atoms with E-state index in [9.17, 15) is 0 Å². The Hall–Kier alpha value is -1.53. The van der Waals surface area contributed by atoms with Crippen molar-refractivity contribution in [3.05, 3.63) is 35.2 Å². The molecule has 0 aliphatic rings. The van der Waals surface area contributed by atoms with Crippen LogP contribution in [0.4, 0.5) is 0 Å². The fourth-order valence-electron chi connectivity index (χ4n) is 2.06. The van der Waals surface area contributed by atoms with E-state index in [1.54, 1.807) is 18.9 Å². The standard InChI is InChI=1S/C14H20N4OS/c1-4-18-13(8-15)16-17-14(18)20-9-11-7-10(2)5-6-12(11)19-3/h5-7H,4,8-9,15H2,1-3H3. The molecule has 6 heteroatoms. The summed E-state index contributed by atoms with van der Waals surface area (Å²) < 4.78 is 7.44. The number of aryl methyl sites for hydroxylation is 1. The highest BCUT2D eigenvalue weighted by Crippen LogP contribution is 2.28. The molecule has 0 aliphatic carbocycles. The van der Waals surface area contributed by atoms with E-state index in [1.165, 1.54) is 5.56 Å². The zero-order valence-corrected chi connectivity index (χ0v) is 12.9. The second-order valence-corrected chi connectivity index (χ2v) is 5.39. The number of hydrogen-bond donors (Lipinski definition) is 1. The number of nitrogens with zero attached hydrogens (tertiary/aromatic N) is 3. The minimum absolute atomic E-state index is 0.412. The highest BCUT2D eigenvalue weighted by atomic mass is 32.2. The number of ether oxygens (including phenoxy) is 1. The molecule has 2 N–H and O–H groups in total. The predicted octanol–water partition coefficient (Wildman–Crippen LogP) is 2.37. The van der Waals surface area contributed by atoms with Gasteiger partial charge in [-0.2, -0.15) is 0 Å². The van der Waals surface area contributed by atoms with Crippen molar-refractivity contribution in [1.82, 2.24) is 14.8 Å². The van der Waals surface area contributed by atoms with E-state index in [0.29, 0.717) is 6.54 Å². The molecule has 0 saturated carbocycles. The van der Waals surface area contributed by atoms with Crippen molar-refractivity contribution in [2.24, 2.45) is 5.73 Å². The van der Waals surface area contributed by atoms with Gasteiger partial charge in [-0.15, -0.1) is 10.2 Å². The first kappa shape index (κ1) is 14.9. The van der Waals surface area contributed by atoms with Crippen LogP contribution in [0.1, 0.15) is 23.9 Å². The fourth-order valence-corrected chi connectivity index (χ4v) is 3.06. The van der Waals surface area contributed by atoms with Crippen molar-refractivity contribution in [2.45, 2.75) is 37.8 Å². The smallest absolute Gasteiger partial charge is 0.191 e. The number of nitrogens with two attached hydrogens (primary N) is 1. The Bertz CT molecular complexity index is 583. The zero-order chi connectivity index (χ0) is 14.5. The molecule has 0 amide bonds. The van der Waals surface area contributed by atoms with Crippen LogP contribution >= 0.6 is 11.8 Å². The predicted molar refractivity (Wildman–Crippen MR) is 80.9 cm³/mol. The van der Waals surface area contributed by atoms with Gasteiger partial charge in [0.05, 0.1) is 13.7 Å². The van der Waals surface area contributed by atoms with E-state index in [2.05, 4.69) is 30.1 Å². The van der Waals surface area contributed by atoms with Crippen molar-refractivity contribution in [2.75, 3.05) is 7.11 Å². The molecule has 0 atom stereocenters. The SMILES string of the molecule is CCn1c(CN)nnc1SCc1cc(C)ccc1OC. The minimum atomic E-state index is 0.412. The lowest BCUT2D eigenvalue weighted by atomic mass is 10.1. The maximum atomic E-state index is 5.66. The molecule has 0 saturated heterocycles. The van der Waals surface area contributed by atoms with Crippen LogP contribution in [-0.2, 0) is 18.8 Å². The molecule has 0 spiro atoms. The first-order valence-electron chi connectivity index (χ1n) is 6.58. The van der Waals surface area contributed by atoms with Gasteiger partial charge in [-0.05, 0) is 19.9 Å². The molecule has 1 aromatic carbocycles. The third kappa shape index (κ3) is 3.13. The van der Waals surface area contributed by atoms with Gasteiger partial charge in [0.15, 0.2) is 5.16 Å². The number of benzene rings is 1. The Kier molecular flexibility index (Phi) is 5.03. The summed E-state index contributed by atoms with van der Waals surface area (Å²) in [6, 6.07) is 6.19. The first-order chi connectivity index (χ1) is 9.69. The number of rotatable bonds is 6. The maximum absolute atomic E-state index is 5.66. The molecule has 2 aromatic rings. The van der Waals surface area contributed by atoms with Gasteiger partial charge < -0.3 is 15.0 Å². The van der Waals surface area contributed by atoms with E-state index < -0.39 is 0 Å². The summed E-state index contributed by atoms with van der Waals surface area (Å²) in [5.41, 5.74) is 8.05. The fraction of sp³-hybridized carbons (Fsp3) is 0.429. The summed E-state index contributed by atoms with van der Waals surface area (Å²) in [5.74, 6) is 2.53. The average Bonchev–Trinajstić information content (AvgIpc) is 2.87. The Morgan fingerprint density at radius 3 is 2.80 bits per heavy atom. The van der Waals surface area contributed by atoms with Crippen LogP contribution in [0.5, 0.6) is 5.75 Å². The van der Waals surface area contributed by atoms with Gasteiger partial charge in [0, 0.05) is 17.9 Å². The van der Waals surface area contributed by atoms with Crippen LogP contribution in [0, 0.1) is 6.92 Å². The van der Waals surface area contributed by atoms with Crippen molar-refractivity contribution in [3.8, 4) is 5.75 Å². The van der Waals surface area contributed by atoms with Crippen LogP contribution in [0.2, 0.25) is 0 Å². The molecular weight excluding hydrogens is 272 g/mol. The number of hydrogen-bond acceptors (Lipinski definition) is 5. The summed E-state index contributed by atoms with van der Waals surface area (Å²) in [5, 5.41) is 9.22. The van der Waals surface area contributed by atoms with Gasteiger partial charge >= 0.3 is 0 Å². The summed E-state index contributed by atoms with van der Waals surface area (Å²) in [6.45, 7) is 5.39. The minimum Gasteiger partial charge on any atom is -0.496 e. The van der Waals surface area contributed by atoms with Crippen LogP contribution < -0.4 is 10.5 Å². The number of thioether (sulfide) groups is 1. The van der Waals surface area contributed by atoms with Crippen LogP contribution in [0.25, 0.3) is 0 Å². The zero-order valence-electron chi connectivity index (χ0n) is 12.1. The Morgan fingerprint density at radius 1 is 1.35 bits per heavy atom.